The van der Waals surface area contributed by atoms with Crippen molar-refractivity contribution in [2.75, 3.05) is 40.5 Å². The first-order chi connectivity index (χ1) is 15.6. The number of methoxy groups -OCH3 is 2. The Morgan fingerprint density at radius 2 is 1.78 bits per heavy atom. The number of ether oxygens (including phenoxy) is 3. The van der Waals surface area contributed by atoms with Gasteiger partial charge in [-0.05, 0) is 54.8 Å². The van der Waals surface area contributed by atoms with Crippen molar-refractivity contribution in [1.82, 2.24) is 9.88 Å². The lowest BCUT2D eigenvalue weighted by Crippen LogP contribution is -2.38. The van der Waals surface area contributed by atoms with Gasteiger partial charge in [-0.3, -0.25) is 9.59 Å². The van der Waals surface area contributed by atoms with E-state index in [4.69, 9.17) is 14.2 Å². The number of aryl methyl sites for hydroxylation is 1. The lowest BCUT2D eigenvalue weighted by atomic mass is 10.0. The maximum Gasteiger partial charge on any atom is 0.325 e. The number of nitrogens with one attached hydrogen (secondary N) is 1. The number of benzene rings is 2. The minimum absolute atomic E-state index is 0.0742. The summed E-state index contributed by atoms with van der Waals surface area (Å²) in [4.78, 5) is 29.9. The number of rotatable bonds is 11. The molecule has 1 aromatic heterocycles. The molecule has 0 bridgehead atoms. The molecular formula is C25H30N2O5. The van der Waals surface area contributed by atoms with Crippen molar-refractivity contribution in [2.24, 2.45) is 0 Å². The van der Waals surface area contributed by atoms with Gasteiger partial charge in [0.25, 0.3) is 0 Å². The molecule has 1 heterocycles. The first-order valence-corrected chi connectivity index (χ1v) is 10.7. The minimum atomic E-state index is -0.414. The molecule has 0 saturated heterocycles. The standard InChI is InChI=1S/C25H30N2O5/c1-4-32-24(29)17-27(15-16-30-2)23(28)14-13-21-20-7-5-6-8-22(20)26-25(21)18-9-11-19(31-3)12-10-18/h5-12,26H,4,13-17H2,1-3H3. The fourth-order valence-electron chi connectivity index (χ4n) is 3.71. The molecule has 0 spiro atoms. The molecule has 0 saturated carbocycles. The van der Waals surface area contributed by atoms with Crippen molar-refractivity contribution >= 4 is 22.8 Å². The van der Waals surface area contributed by atoms with E-state index in [1.54, 1.807) is 21.1 Å². The van der Waals surface area contributed by atoms with E-state index in [1.807, 2.05) is 42.5 Å². The highest BCUT2D eigenvalue weighted by Crippen LogP contribution is 2.32. The van der Waals surface area contributed by atoms with Gasteiger partial charge in [0.2, 0.25) is 5.91 Å². The maximum atomic E-state index is 13.0. The van der Waals surface area contributed by atoms with Crippen molar-refractivity contribution in [3.63, 3.8) is 0 Å². The number of hydrogen-bond donors (Lipinski definition) is 1. The van der Waals surface area contributed by atoms with Crippen LogP contribution < -0.4 is 4.74 Å². The fraction of sp³-hybridized carbons (Fsp3) is 0.360. The first-order valence-electron chi connectivity index (χ1n) is 10.7. The van der Waals surface area contributed by atoms with Crippen LogP contribution in [0.1, 0.15) is 18.9 Å². The zero-order valence-electron chi connectivity index (χ0n) is 18.8. The number of esters is 1. The maximum absolute atomic E-state index is 13.0. The predicted octanol–water partition coefficient (Wildman–Crippen LogP) is 3.81. The van der Waals surface area contributed by atoms with Gasteiger partial charge in [-0.15, -0.1) is 0 Å². The van der Waals surface area contributed by atoms with E-state index in [0.717, 1.165) is 33.5 Å². The van der Waals surface area contributed by atoms with Gasteiger partial charge in [0, 0.05) is 36.7 Å². The second kappa shape index (κ2) is 11.3. The monoisotopic (exact) mass is 438 g/mol. The van der Waals surface area contributed by atoms with Crippen LogP contribution in [0.25, 0.3) is 22.2 Å². The van der Waals surface area contributed by atoms with Crippen LogP contribution >= 0.6 is 0 Å². The van der Waals surface area contributed by atoms with Crippen LogP contribution in [0.2, 0.25) is 0 Å². The Hall–Kier alpha value is -3.32. The van der Waals surface area contributed by atoms with Gasteiger partial charge in [0.15, 0.2) is 0 Å². The van der Waals surface area contributed by atoms with E-state index >= 15 is 0 Å². The van der Waals surface area contributed by atoms with E-state index in [1.165, 1.54) is 4.90 Å². The van der Waals surface area contributed by atoms with Crippen molar-refractivity contribution < 1.29 is 23.8 Å². The Balaban J connectivity index is 1.83. The van der Waals surface area contributed by atoms with Crippen LogP contribution in [-0.4, -0.2) is 62.3 Å². The van der Waals surface area contributed by atoms with Crippen LogP contribution in [0.5, 0.6) is 5.75 Å². The molecule has 0 radical (unpaired) electrons. The molecule has 32 heavy (non-hydrogen) atoms. The van der Waals surface area contributed by atoms with Gasteiger partial charge in [0.05, 0.1) is 20.3 Å². The molecule has 0 unspecified atom stereocenters. The summed E-state index contributed by atoms with van der Waals surface area (Å²) >= 11 is 0. The fourth-order valence-corrected chi connectivity index (χ4v) is 3.71. The third kappa shape index (κ3) is 5.68. The van der Waals surface area contributed by atoms with Crippen LogP contribution in [0.4, 0.5) is 0 Å². The Bertz CT molecular complexity index is 1040. The van der Waals surface area contributed by atoms with Crippen molar-refractivity contribution in [1.29, 1.82) is 0 Å². The first kappa shape index (κ1) is 23.3. The van der Waals surface area contributed by atoms with Crippen LogP contribution in [0.3, 0.4) is 0 Å². The summed E-state index contributed by atoms with van der Waals surface area (Å²) in [7, 11) is 3.21. The molecule has 7 heteroatoms. The van der Waals surface area contributed by atoms with Crippen molar-refractivity contribution in [3.05, 3.63) is 54.1 Å². The summed E-state index contributed by atoms with van der Waals surface area (Å²) in [5.74, 6) is 0.262. The zero-order valence-corrected chi connectivity index (χ0v) is 18.8. The molecule has 3 aromatic rings. The smallest absolute Gasteiger partial charge is 0.325 e. The number of carbonyl (C=O) groups is 2. The number of H-pyrrole nitrogens is 1. The normalized spacial score (nSPS) is 10.8. The molecule has 1 N–H and O–H groups in total. The summed E-state index contributed by atoms with van der Waals surface area (Å²) in [5, 5.41) is 1.08. The molecule has 170 valence electrons. The van der Waals surface area contributed by atoms with Gasteiger partial charge >= 0.3 is 5.97 Å². The highest BCUT2D eigenvalue weighted by Gasteiger charge is 2.20. The highest BCUT2D eigenvalue weighted by molar-refractivity contribution is 5.91. The van der Waals surface area contributed by atoms with Gasteiger partial charge < -0.3 is 24.1 Å². The van der Waals surface area contributed by atoms with Crippen LogP contribution in [0.15, 0.2) is 48.5 Å². The number of nitrogens with zero attached hydrogens (tertiary/aromatic N) is 1. The molecule has 2 aromatic carbocycles. The zero-order chi connectivity index (χ0) is 22.9. The SMILES string of the molecule is CCOC(=O)CN(CCOC)C(=O)CCc1c(-c2ccc(OC)cc2)[nH]c2ccccc12. The van der Waals surface area contributed by atoms with Crippen LogP contribution in [-0.2, 0) is 25.5 Å². The van der Waals surface area contributed by atoms with Crippen molar-refractivity contribution in [2.45, 2.75) is 19.8 Å². The minimum Gasteiger partial charge on any atom is -0.497 e. The third-order valence-electron chi connectivity index (χ3n) is 5.32. The van der Waals surface area contributed by atoms with Crippen molar-refractivity contribution in [3.8, 4) is 17.0 Å². The Kier molecular flexibility index (Phi) is 8.27. The lowest BCUT2D eigenvalue weighted by molar-refractivity contribution is -0.149. The number of aromatic nitrogens is 1. The second-order valence-electron chi connectivity index (χ2n) is 7.37. The molecule has 0 aliphatic heterocycles. The molecule has 7 nitrogen and oxygen atoms in total. The Labute approximate surface area is 188 Å². The molecule has 3 rings (SSSR count). The van der Waals surface area contributed by atoms with E-state index in [0.29, 0.717) is 19.6 Å². The molecule has 0 fully saturated rings. The van der Waals surface area contributed by atoms with E-state index in [-0.39, 0.29) is 25.5 Å². The number of amides is 1. The second-order valence-corrected chi connectivity index (χ2v) is 7.37. The third-order valence-corrected chi connectivity index (χ3v) is 5.32. The van der Waals surface area contributed by atoms with E-state index in [2.05, 4.69) is 11.1 Å². The molecule has 0 atom stereocenters. The highest BCUT2D eigenvalue weighted by atomic mass is 16.5. The average Bonchev–Trinajstić information content (AvgIpc) is 3.19. The predicted molar refractivity (Wildman–Crippen MR) is 124 cm³/mol. The topological polar surface area (TPSA) is 80.9 Å². The Morgan fingerprint density at radius 3 is 2.47 bits per heavy atom. The number of para-hydroxylation sites is 1. The number of carbonyl (C=O) groups excluding carboxylic acids is 2. The largest absolute Gasteiger partial charge is 0.497 e. The quantitative estimate of drug-likeness (QED) is 0.461. The molecule has 0 aliphatic carbocycles. The van der Waals surface area contributed by atoms with Gasteiger partial charge in [-0.1, -0.05) is 18.2 Å². The summed E-state index contributed by atoms with van der Waals surface area (Å²) in [6.07, 6.45) is 0.810. The number of hydrogen-bond acceptors (Lipinski definition) is 5. The lowest BCUT2D eigenvalue weighted by Gasteiger charge is -2.21. The van der Waals surface area contributed by atoms with Gasteiger partial charge in [-0.25, -0.2) is 0 Å². The summed E-state index contributed by atoms with van der Waals surface area (Å²) in [6.45, 7) is 2.65. The van der Waals surface area contributed by atoms with Gasteiger partial charge in [-0.2, -0.15) is 0 Å². The average molecular weight is 439 g/mol. The Morgan fingerprint density at radius 1 is 1.03 bits per heavy atom. The number of fused-ring (bicyclic) bond motifs is 1. The number of aromatic amines is 1. The van der Waals surface area contributed by atoms with E-state index in [9.17, 15) is 9.59 Å². The summed E-state index contributed by atoms with van der Waals surface area (Å²) in [5.41, 5.74) is 4.09. The van der Waals surface area contributed by atoms with Gasteiger partial charge in [0.1, 0.15) is 12.3 Å². The summed E-state index contributed by atoms with van der Waals surface area (Å²) in [6, 6.07) is 15.9. The molecule has 0 aliphatic rings. The molecular weight excluding hydrogens is 408 g/mol. The summed E-state index contributed by atoms with van der Waals surface area (Å²) < 4.78 is 15.4. The van der Waals surface area contributed by atoms with Crippen LogP contribution in [0, 0.1) is 0 Å². The van der Waals surface area contributed by atoms with E-state index < -0.39 is 5.97 Å². The molecule has 1 amide bonds.